The third kappa shape index (κ3) is 3.25. The Labute approximate surface area is 113 Å². The first-order valence-electron chi connectivity index (χ1n) is 6.65. The van der Waals surface area contributed by atoms with Crippen LogP contribution >= 0.6 is 0 Å². The first-order chi connectivity index (χ1) is 8.77. The van der Waals surface area contributed by atoms with Gasteiger partial charge in [0.1, 0.15) is 17.3 Å². The highest BCUT2D eigenvalue weighted by Crippen LogP contribution is 2.41. The number of carbonyl (C=O) groups excluding carboxylic acids is 2. The topological polar surface area (TPSA) is 59.3 Å². The number of ketones is 1. The largest absolute Gasteiger partial charge is 0.466 e. The molecule has 1 atom stereocenters. The molecule has 1 heterocycles. The average Bonchev–Trinajstić information content (AvgIpc) is 2.55. The fraction of sp³-hybridized carbons (Fsp3) is 0.600. The second-order valence-electron chi connectivity index (χ2n) is 6.28. The van der Waals surface area contributed by atoms with Crippen LogP contribution in [0.5, 0.6) is 0 Å². The normalized spacial score (nSPS) is 20.7. The SMILES string of the molecule is CC(=O)CC(=O)NC1CC(C)(C)Cc2oc(C)cc21. The Morgan fingerprint density at radius 2 is 2.16 bits per heavy atom. The smallest absolute Gasteiger partial charge is 0.227 e. The Bertz CT molecular complexity index is 513. The fourth-order valence-corrected chi connectivity index (χ4v) is 2.78. The molecule has 2 rings (SSSR count). The minimum atomic E-state index is -0.208. The van der Waals surface area contributed by atoms with E-state index in [1.165, 1.54) is 6.92 Å². The number of amides is 1. The van der Waals surface area contributed by atoms with Gasteiger partial charge >= 0.3 is 0 Å². The molecule has 0 saturated carbocycles. The summed E-state index contributed by atoms with van der Waals surface area (Å²) in [5, 5.41) is 2.96. The van der Waals surface area contributed by atoms with E-state index in [0.29, 0.717) is 0 Å². The van der Waals surface area contributed by atoms with Gasteiger partial charge in [-0.1, -0.05) is 13.8 Å². The zero-order valence-electron chi connectivity index (χ0n) is 12.0. The van der Waals surface area contributed by atoms with Crippen LogP contribution in [0.25, 0.3) is 0 Å². The van der Waals surface area contributed by atoms with Crippen molar-refractivity contribution in [2.45, 2.75) is 53.0 Å². The molecule has 0 radical (unpaired) electrons. The molecule has 1 unspecified atom stereocenters. The number of nitrogens with one attached hydrogen (secondary N) is 1. The summed E-state index contributed by atoms with van der Waals surface area (Å²) in [7, 11) is 0. The molecule has 1 aliphatic rings. The highest BCUT2D eigenvalue weighted by molar-refractivity contribution is 5.96. The molecule has 0 fully saturated rings. The molecule has 0 aromatic carbocycles. The number of rotatable bonds is 3. The van der Waals surface area contributed by atoms with Crippen LogP contribution in [0.4, 0.5) is 0 Å². The molecule has 1 amide bonds. The highest BCUT2D eigenvalue weighted by Gasteiger charge is 2.35. The van der Waals surface area contributed by atoms with Crippen molar-refractivity contribution >= 4 is 11.7 Å². The zero-order chi connectivity index (χ0) is 14.2. The molecule has 1 N–H and O–H groups in total. The number of aryl methyl sites for hydroxylation is 1. The number of furan rings is 1. The molecule has 104 valence electrons. The average molecular weight is 263 g/mol. The van der Waals surface area contributed by atoms with E-state index in [1.54, 1.807) is 0 Å². The van der Waals surface area contributed by atoms with E-state index in [1.807, 2.05) is 13.0 Å². The molecule has 1 aromatic rings. The minimum Gasteiger partial charge on any atom is -0.466 e. The summed E-state index contributed by atoms with van der Waals surface area (Å²) in [6, 6.07) is 1.94. The van der Waals surface area contributed by atoms with Crippen LogP contribution < -0.4 is 5.32 Å². The Kier molecular flexibility index (Phi) is 3.52. The molecule has 0 bridgehead atoms. The van der Waals surface area contributed by atoms with Crippen LogP contribution in [-0.2, 0) is 16.0 Å². The highest BCUT2D eigenvalue weighted by atomic mass is 16.3. The second kappa shape index (κ2) is 4.83. The molecule has 19 heavy (non-hydrogen) atoms. The zero-order valence-corrected chi connectivity index (χ0v) is 12.0. The Balaban J connectivity index is 2.20. The van der Waals surface area contributed by atoms with Gasteiger partial charge in [0.25, 0.3) is 0 Å². The van der Waals surface area contributed by atoms with Crippen molar-refractivity contribution in [3.05, 3.63) is 23.2 Å². The van der Waals surface area contributed by atoms with Crippen LogP contribution in [0.1, 0.15) is 56.7 Å². The van der Waals surface area contributed by atoms with Crippen LogP contribution in [0.3, 0.4) is 0 Å². The molecular formula is C15H21NO3. The van der Waals surface area contributed by atoms with E-state index in [9.17, 15) is 9.59 Å². The Morgan fingerprint density at radius 1 is 1.47 bits per heavy atom. The quantitative estimate of drug-likeness (QED) is 0.853. The lowest BCUT2D eigenvalue weighted by atomic mass is 9.74. The third-order valence-corrected chi connectivity index (χ3v) is 3.48. The molecule has 0 saturated heterocycles. The maximum Gasteiger partial charge on any atom is 0.227 e. The lowest BCUT2D eigenvalue weighted by molar-refractivity contribution is -0.127. The molecule has 0 spiro atoms. The second-order valence-corrected chi connectivity index (χ2v) is 6.28. The maximum atomic E-state index is 11.8. The molecular weight excluding hydrogens is 242 g/mol. The summed E-state index contributed by atoms with van der Waals surface area (Å²) in [5.41, 5.74) is 1.15. The molecule has 1 aliphatic carbocycles. The van der Waals surface area contributed by atoms with Gasteiger partial charge in [0.15, 0.2) is 0 Å². The van der Waals surface area contributed by atoms with Crippen molar-refractivity contribution in [3.8, 4) is 0 Å². The fourth-order valence-electron chi connectivity index (χ4n) is 2.78. The van der Waals surface area contributed by atoms with E-state index in [2.05, 4.69) is 19.2 Å². The van der Waals surface area contributed by atoms with Gasteiger partial charge in [-0.05, 0) is 31.7 Å². The number of hydrogen-bond donors (Lipinski definition) is 1. The molecule has 4 nitrogen and oxygen atoms in total. The molecule has 0 aliphatic heterocycles. The summed E-state index contributed by atoms with van der Waals surface area (Å²) < 4.78 is 5.72. The Hall–Kier alpha value is -1.58. The predicted molar refractivity (Wildman–Crippen MR) is 71.7 cm³/mol. The van der Waals surface area contributed by atoms with E-state index in [0.717, 1.165) is 29.9 Å². The number of hydrogen-bond acceptors (Lipinski definition) is 3. The van der Waals surface area contributed by atoms with Gasteiger partial charge in [0.2, 0.25) is 5.91 Å². The summed E-state index contributed by atoms with van der Waals surface area (Å²) >= 11 is 0. The van der Waals surface area contributed by atoms with Gasteiger partial charge in [-0.15, -0.1) is 0 Å². The van der Waals surface area contributed by atoms with Gasteiger partial charge in [-0.2, -0.15) is 0 Å². The van der Waals surface area contributed by atoms with E-state index >= 15 is 0 Å². The van der Waals surface area contributed by atoms with Crippen LogP contribution in [0, 0.1) is 12.3 Å². The van der Waals surface area contributed by atoms with Gasteiger partial charge in [-0.3, -0.25) is 9.59 Å². The van der Waals surface area contributed by atoms with E-state index < -0.39 is 0 Å². The predicted octanol–water partition coefficient (Wildman–Crippen LogP) is 2.70. The van der Waals surface area contributed by atoms with E-state index in [-0.39, 0.29) is 29.6 Å². The van der Waals surface area contributed by atoms with Crippen molar-refractivity contribution in [2.24, 2.45) is 5.41 Å². The van der Waals surface area contributed by atoms with Crippen molar-refractivity contribution in [1.82, 2.24) is 5.32 Å². The van der Waals surface area contributed by atoms with Crippen molar-refractivity contribution < 1.29 is 14.0 Å². The van der Waals surface area contributed by atoms with Crippen LogP contribution in [0.2, 0.25) is 0 Å². The Morgan fingerprint density at radius 3 is 2.79 bits per heavy atom. The van der Waals surface area contributed by atoms with Gasteiger partial charge in [-0.25, -0.2) is 0 Å². The first-order valence-corrected chi connectivity index (χ1v) is 6.65. The van der Waals surface area contributed by atoms with E-state index in [4.69, 9.17) is 4.42 Å². The van der Waals surface area contributed by atoms with Crippen molar-refractivity contribution in [1.29, 1.82) is 0 Å². The van der Waals surface area contributed by atoms with Crippen molar-refractivity contribution in [2.75, 3.05) is 0 Å². The van der Waals surface area contributed by atoms with Crippen LogP contribution in [0.15, 0.2) is 10.5 Å². The minimum absolute atomic E-state index is 0.0525. The maximum absolute atomic E-state index is 11.8. The van der Waals surface area contributed by atoms with Gasteiger partial charge < -0.3 is 9.73 Å². The standard InChI is InChI=1S/C15H21NO3/c1-9(17)5-14(18)16-12-7-15(3,4)8-13-11(12)6-10(2)19-13/h6,12H,5,7-8H2,1-4H3,(H,16,18). The number of carbonyl (C=O) groups is 2. The number of Topliss-reactive ketones (excluding diaryl/α,β-unsaturated/α-hetero) is 1. The van der Waals surface area contributed by atoms with Gasteiger partial charge in [0, 0.05) is 12.0 Å². The first kappa shape index (κ1) is 13.8. The summed E-state index contributed by atoms with van der Waals surface area (Å²) in [5.74, 6) is 1.51. The lowest BCUT2D eigenvalue weighted by Crippen LogP contribution is -2.36. The third-order valence-electron chi connectivity index (χ3n) is 3.48. The lowest BCUT2D eigenvalue weighted by Gasteiger charge is -2.34. The summed E-state index contributed by atoms with van der Waals surface area (Å²) in [4.78, 5) is 22.8. The monoisotopic (exact) mass is 263 g/mol. The molecule has 1 aromatic heterocycles. The summed E-state index contributed by atoms with van der Waals surface area (Å²) in [6.07, 6.45) is 1.70. The van der Waals surface area contributed by atoms with Crippen molar-refractivity contribution in [3.63, 3.8) is 0 Å². The summed E-state index contributed by atoms with van der Waals surface area (Å²) in [6.45, 7) is 7.67. The van der Waals surface area contributed by atoms with Gasteiger partial charge in [0.05, 0.1) is 12.5 Å². The molecule has 4 heteroatoms. The number of fused-ring (bicyclic) bond motifs is 1. The van der Waals surface area contributed by atoms with Crippen LogP contribution in [-0.4, -0.2) is 11.7 Å².